The Labute approximate surface area is 138 Å². The number of nitrogens with one attached hydrogen (secondary N) is 2. The lowest BCUT2D eigenvalue weighted by molar-refractivity contribution is -0.115. The molecule has 0 atom stereocenters. The van der Waals surface area contributed by atoms with Crippen LogP contribution in [0.5, 0.6) is 0 Å². The quantitative estimate of drug-likeness (QED) is 0.644. The average molecular weight is 321 g/mol. The summed E-state index contributed by atoms with van der Waals surface area (Å²) in [7, 11) is 1.65. The van der Waals surface area contributed by atoms with Crippen LogP contribution in [0.15, 0.2) is 24.3 Å². The highest BCUT2D eigenvalue weighted by Crippen LogP contribution is 2.11. The standard InChI is InChI=1S/C17H27N3O3/c1-4-20(5-2)17(22)14-7-9-15(10-8-14)19-16(21)13-18-11-6-12-23-3/h7-10,18H,4-6,11-13H2,1-3H3,(H,19,21). The Balaban J connectivity index is 2.44. The number of rotatable bonds is 10. The zero-order valence-electron chi connectivity index (χ0n) is 14.2. The molecule has 0 radical (unpaired) electrons. The van der Waals surface area contributed by atoms with E-state index in [0.29, 0.717) is 30.9 Å². The SMILES string of the molecule is CCN(CC)C(=O)c1ccc(NC(=O)CNCCCOC)cc1. The molecule has 128 valence electrons. The van der Waals surface area contributed by atoms with Gasteiger partial charge in [-0.15, -0.1) is 0 Å². The number of benzene rings is 1. The number of hydrogen-bond donors (Lipinski definition) is 2. The minimum absolute atomic E-state index is 0.00712. The number of anilines is 1. The largest absolute Gasteiger partial charge is 0.385 e. The topological polar surface area (TPSA) is 70.7 Å². The van der Waals surface area contributed by atoms with Crippen LogP contribution in [0.25, 0.3) is 0 Å². The Bertz CT molecular complexity index is 484. The maximum absolute atomic E-state index is 12.2. The molecular weight excluding hydrogens is 294 g/mol. The van der Waals surface area contributed by atoms with Crippen molar-refractivity contribution in [1.82, 2.24) is 10.2 Å². The molecule has 2 N–H and O–H groups in total. The van der Waals surface area contributed by atoms with E-state index in [-0.39, 0.29) is 18.4 Å². The predicted octanol–water partition coefficient (Wildman–Crippen LogP) is 1.73. The van der Waals surface area contributed by atoms with Crippen LogP contribution < -0.4 is 10.6 Å². The van der Waals surface area contributed by atoms with E-state index in [1.54, 1.807) is 36.3 Å². The lowest BCUT2D eigenvalue weighted by Crippen LogP contribution is -2.30. The number of carbonyl (C=O) groups is 2. The van der Waals surface area contributed by atoms with Gasteiger partial charge < -0.3 is 20.3 Å². The summed E-state index contributed by atoms with van der Waals surface area (Å²) < 4.78 is 4.94. The fourth-order valence-electron chi connectivity index (χ4n) is 2.14. The first-order chi connectivity index (χ1) is 11.1. The van der Waals surface area contributed by atoms with Gasteiger partial charge in [0.15, 0.2) is 0 Å². The van der Waals surface area contributed by atoms with E-state index in [2.05, 4.69) is 10.6 Å². The molecule has 0 aliphatic rings. The molecule has 0 unspecified atom stereocenters. The zero-order chi connectivity index (χ0) is 17.1. The van der Waals surface area contributed by atoms with Crippen LogP contribution in [-0.4, -0.2) is 56.6 Å². The van der Waals surface area contributed by atoms with Gasteiger partial charge in [0.2, 0.25) is 5.91 Å². The second-order valence-corrected chi connectivity index (χ2v) is 5.13. The number of carbonyl (C=O) groups excluding carboxylic acids is 2. The fourth-order valence-corrected chi connectivity index (χ4v) is 2.14. The summed E-state index contributed by atoms with van der Waals surface area (Å²) >= 11 is 0. The molecule has 1 aromatic rings. The maximum atomic E-state index is 12.2. The van der Waals surface area contributed by atoms with Gasteiger partial charge in [-0.1, -0.05) is 0 Å². The molecule has 0 saturated carbocycles. The summed E-state index contributed by atoms with van der Waals surface area (Å²) in [4.78, 5) is 25.7. The smallest absolute Gasteiger partial charge is 0.253 e. The molecule has 6 heteroatoms. The van der Waals surface area contributed by atoms with E-state index in [1.807, 2.05) is 13.8 Å². The number of hydrogen-bond acceptors (Lipinski definition) is 4. The van der Waals surface area contributed by atoms with Crippen molar-refractivity contribution in [3.63, 3.8) is 0 Å². The first-order valence-electron chi connectivity index (χ1n) is 8.01. The first-order valence-corrected chi connectivity index (χ1v) is 8.01. The van der Waals surface area contributed by atoms with Crippen molar-refractivity contribution in [2.24, 2.45) is 0 Å². The van der Waals surface area contributed by atoms with Crippen molar-refractivity contribution in [3.05, 3.63) is 29.8 Å². The monoisotopic (exact) mass is 321 g/mol. The highest BCUT2D eigenvalue weighted by Gasteiger charge is 2.12. The average Bonchev–Trinajstić information content (AvgIpc) is 2.56. The van der Waals surface area contributed by atoms with Gasteiger partial charge in [-0.25, -0.2) is 0 Å². The minimum Gasteiger partial charge on any atom is -0.385 e. The highest BCUT2D eigenvalue weighted by atomic mass is 16.5. The maximum Gasteiger partial charge on any atom is 0.253 e. The van der Waals surface area contributed by atoms with E-state index < -0.39 is 0 Å². The molecule has 0 heterocycles. The van der Waals surface area contributed by atoms with Crippen molar-refractivity contribution in [3.8, 4) is 0 Å². The summed E-state index contributed by atoms with van der Waals surface area (Å²) in [6.45, 7) is 6.94. The normalized spacial score (nSPS) is 10.4. The van der Waals surface area contributed by atoms with Crippen LogP contribution in [0.1, 0.15) is 30.6 Å². The van der Waals surface area contributed by atoms with E-state index in [1.165, 1.54) is 0 Å². The third-order valence-electron chi connectivity index (χ3n) is 3.45. The lowest BCUT2D eigenvalue weighted by Gasteiger charge is -2.18. The van der Waals surface area contributed by atoms with Crippen molar-refractivity contribution in [2.45, 2.75) is 20.3 Å². The van der Waals surface area contributed by atoms with Crippen molar-refractivity contribution in [1.29, 1.82) is 0 Å². The predicted molar refractivity (Wildman–Crippen MR) is 91.7 cm³/mol. The lowest BCUT2D eigenvalue weighted by atomic mass is 10.1. The van der Waals surface area contributed by atoms with Crippen LogP contribution in [-0.2, 0) is 9.53 Å². The summed E-state index contributed by atoms with van der Waals surface area (Å²) in [5, 5.41) is 5.85. The van der Waals surface area contributed by atoms with Crippen LogP contribution >= 0.6 is 0 Å². The van der Waals surface area contributed by atoms with E-state index in [0.717, 1.165) is 13.0 Å². The Hall–Kier alpha value is -1.92. The third-order valence-corrected chi connectivity index (χ3v) is 3.45. The number of methoxy groups -OCH3 is 1. The van der Waals surface area contributed by atoms with Gasteiger partial charge in [-0.05, 0) is 51.1 Å². The summed E-state index contributed by atoms with van der Waals surface area (Å²) in [6, 6.07) is 6.98. The van der Waals surface area contributed by atoms with Gasteiger partial charge >= 0.3 is 0 Å². The van der Waals surface area contributed by atoms with Gasteiger partial charge in [0, 0.05) is 38.1 Å². The van der Waals surface area contributed by atoms with E-state index in [9.17, 15) is 9.59 Å². The molecule has 1 rings (SSSR count). The van der Waals surface area contributed by atoms with Gasteiger partial charge in [0.25, 0.3) is 5.91 Å². The summed E-state index contributed by atoms with van der Waals surface area (Å²) in [5.41, 5.74) is 1.31. The molecule has 0 aliphatic heterocycles. The minimum atomic E-state index is -0.106. The van der Waals surface area contributed by atoms with Crippen LogP contribution in [0.4, 0.5) is 5.69 Å². The number of amides is 2. The molecule has 1 aromatic carbocycles. The third kappa shape index (κ3) is 6.80. The van der Waals surface area contributed by atoms with E-state index >= 15 is 0 Å². The molecule has 0 fully saturated rings. The van der Waals surface area contributed by atoms with Gasteiger partial charge in [-0.3, -0.25) is 9.59 Å². The molecule has 2 amide bonds. The summed E-state index contributed by atoms with van der Waals surface area (Å²) in [6.07, 6.45) is 0.867. The van der Waals surface area contributed by atoms with Gasteiger partial charge in [-0.2, -0.15) is 0 Å². The Kier molecular flexibility index (Phi) is 8.94. The molecule has 0 spiro atoms. The Morgan fingerprint density at radius 2 is 1.78 bits per heavy atom. The molecular formula is C17H27N3O3. The zero-order valence-corrected chi connectivity index (χ0v) is 14.2. The fraction of sp³-hybridized carbons (Fsp3) is 0.529. The number of ether oxygens (including phenoxy) is 1. The second-order valence-electron chi connectivity index (χ2n) is 5.13. The summed E-state index contributed by atoms with van der Waals surface area (Å²) in [5.74, 6) is -0.0991. The molecule has 0 aliphatic carbocycles. The van der Waals surface area contributed by atoms with Crippen molar-refractivity contribution < 1.29 is 14.3 Å². The first kappa shape index (κ1) is 19.1. The van der Waals surface area contributed by atoms with Gasteiger partial charge in [0.05, 0.1) is 6.54 Å². The van der Waals surface area contributed by atoms with Crippen LogP contribution in [0.2, 0.25) is 0 Å². The molecule has 6 nitrogen and oxygen atoms in total. The van der Waals surface area contributed by atoms with Crippen LogP contribution in [0, 0.1) is 0 Å². The molecule has 0 saturated heterocycles. The Morgan fingerprint density at radius 3 is 2.35 bits per heavy atom. The highest BCUT2D eigenvalue weighted by molar-refractivity contribution is 5.96. The van der Waals surface area contributed by atoms with Crippen molar-refractivity contribution in [2.75, 3.05) is 45.2 Å². The number of nitrogens with zero attached hydrogens (tertiary/aromatic N) is 1. The van der Waals surface area contributed by atoms with Gasteiger partial charge in [0.1, 0.15) is 0 Å². The molecule has 23 heavy (non-hydrogen) atoms. The van der Waals surface area contributed by atoms with E-state index in [4.69, 9.17) is 4.74 Å². The molecule has 0 aromatic heterocycles. The van der Waals surface area contributed by atoms with Crippen LogP contribution in [0.3, 0.4) is 0 Å². The Morgan fingerprint density at radius 1 is 1.13 bits per heavy atom. The second kappa shape index (κ2) is 10.7. The molecule has 0 bridgehead atoms. The van der Waals surface area contributed by atoms with Crippen molar-refractivity contribution >= 4 is 17.5 Å².